The maximum atomic E-state index is 6.93. The van der Waals surface area contributed by atoms with Crippen LogP contribution in [0.1, 0.15) is 5.69 Å². The Morgan fingerprint density at radius 2 is 2.00 bits per heavy atom. The third-order valence-corrected chi connectivity index (χ3v) is 2.11. The second kappa shape index (κ2) is 3.35. The van der Waals surface area contributed by atoms with Gasteiger partial charge in [-0.3, -0.25) is 0 Å². The van der Waals surface area contributed by atoms with Crippen LogP contribution in [0, 0.1) is 13.5 Å². The Bertz CT molecular complexity index is 477. The fourth-order valence-electron chi connectivity index (χ4n) is 1.34. The Balaban J connectivity index is 2.54. The van der Waals surface area contributed by atoms with E-state index < -0.39 is 0 Å². The van der Waals surface area contributed by atoms with Crippen molar-refractivity contribution in [1.82, 2.24) is 9.78 Å². The highest BCUT2D eigenvalue weighted by molar-refractivity contribution is 5.50. The molecule has 3 heteroatoms. The van der Waals surface area contributed by atoms with Gasteiger partial charge in [-0.1, -0.05) is 18.2 Å². The van der Waals surface area contributed by atoms with Gasteiger partial charge in [0.1, 0.15) is 0 Å². The van der Waals surface area contributed by atoms with Gasteiger partial charge in [0.05, 0.1) is 18.5 Å². The predicted molar refractivity (Wildman–Crippen MR) is 54.6 cm³/mol. The molecule has 0 atom stereocenters. The van der Waals surface area contributed by atoms with Gasteiger partial charge in [0.2, 0.25) is 5.69 Å². The molecule has 0 saturated carbocycles. The number of rotatable bonds is 1. The van der Waals surface area contributed by atoms with Crippen molar-refractivity contribution in [3.63, 3.8) is 0 Å². The van der Waals surface area contributed by atoms with Crippen molar-refractivity contribution in [1.29, 1.82) is 0 Å². The maximum absolute atomic E-state index is 6.93. The average molecular weight is 183 g/mol. The normalized spacial score (nSPS) is 9.71. The van der Waals surface area contributed by atoms with Gasteiger partial charge in [-0.2, -0.15) is 5.10 Å². The lowest BCUT2D eigenvalue weighted by Crippen LogP contribution is -1.97. The molecular weight excluding hydrogens is 174 g/mol. The van der Waals surface area contributed by atoms with E-state index in [1.165, 1.54) is 0 Å². The molecule has 0 fully saturated rings. The second-order valence-electron chi connectivity index (χ2n) is 2.97. The van der Waals surface area contributed by atoms with Gasteiger partial charge in [-0.15, -0.1) is 0 Å². The first-order valence-electron chi connectivity index (χ1n) is 4.30. The fraction of sp³-hybridized carbons (Fsp3) is 0.0909. The summed E-state index contributed by atoms with van der Waals surface area (Å²) in [7, 11) is 0. The Morgan fingerprint density at radius 1 is 1.29 bits per heavy atom. The average Bonchev–Trinajstić information content (AvgIpc) is 2.61. The van der Waals surface area contributed by atoms with Crippen molar-refractivity contribution in [2.75, 3.05) is 0 Å². The summed E-state index contributed by atoms with van der Waals surface area (Å²) in [6.07, 6.45) is 1.59. The van der Waals surface area contributed by atoms with Crippen LogP contribution in [0.15, 0.2) is 36.5 Å². The SMILES string of the molecule is [C-]#[N+]c1cnn(-c2ccccc2)c1C. The summed E-state index contributed by atoms with van der Waals surface area (Å²) in [5.74, 6) is 0. The number of hydrogen-bond acceptors (Lipinski definition) is 1. The first-order valence-corrected chi connectivity index (χ1v) is 4.30. The van der Waals surface area contributed by atoms with Gasteiger partial charge in [-0.25, -0.2) is 9.53 Å². The van der Waals surface area contributed by atoms with Crippen LogP contribution in [-0.2, 0) is 0 Å². The van der Waals surface area contributed by atoms with Crippen molar-refractivity contribution in [2.24, 2.45) is 0 Å². The zero-order valence-electron chi connectivity index (χ0n) is 7.81. The van der Waals surface area contributed by atoms with E-state index in [1.807, 2.05) is 37.3 Å². The highest BCUT2D eigenvalue weighted by Crippen LogP contribution is 2.20. The summed E-state index contributed by atoms with van der Waals surface area (Å²) in [5, 5.41) is 4.16. The van der Waals surface area contributed by atoms with E-state index in [2.05, 4.69) is 9.94 Å². The minimum atomic E-state index is 0.605. The largest absolute Gasteiger partial charge is 0.250 e. The number of hydrogen-bond donors (Lipinski definition) is 0. The molecule has 1 aromatic heterocycles. The summed E-state index contributed by atoms with van der Waals surface area (Å²) in [6.45, 7) is 8.83. The molecule has 1 heterocycles. The van der Waals surface area contributed by atoms with Gasteiger partial charge >= 0.3 is 0 Å². The van der Waals surface area contributed by atoms with Crippen LogP contribution in [0.3, 0.4) is 0 Å². The van der Waals surface area contributed by atoms with E-state index >= 15 is 0 Å². The molecule has 14 heavy (non-hydrogen) atoms. The first kappa shape index (κ1) is 8.52. The summed E-state index contributed by atoms with van der Waals surface area (Å²) in [6, 6.07) is 9.79. The monoisotopic (exact) mass is 183 g/mol. The molecule has 1 aromatic carbocycles. The van der Waals surface area contributed by atoms with E-state index in [0.717, 1.165) is 11.4 Å². The van der Waals surface area contributed by atoms with Gasteiger partial charge in [0.25, 0.3) is 0 Å². The van der Waals surface area contributed by atoms with Crippen molar-refractivity contribution in [3.8, 4) is 5.69 Å². The third kappa shape index (κ3) is 1.27. The van der Waals surface area contributed by atoms with Crippen LogP contribution in [0.25, 0.3) is 10.5 Å². The minimum absolute atomic E-state index is 0.605. The van der Waals surface area contributed by atoms with E-state index in [-0.39, 0.29) is 0 Å². The van der Waals surface area contributed by atoms with Crippen molar-refractivity contribution in [3.05, 3.63) is 53.6 Å². The highest BCUT2D eigenvalue weighted by Gasteiger charge is 2.06. The Labute approximate surface area is 82.4 Å². The van der Waals surface area contributed by atoms with Crippen LogP contribution >= 0.6 is 0 Å². The number of aromatic nitrogens is 2. The highest BCUT2D eigenvalue weighted by atomic mass is 15.3. The molecule has 0 unspecified atom stereocenters. The zero-order valence-corrected chi connectivity index (χ0v) is 7.81. The number of benzene rings is 1. The molecule has 0 bridgehead atoms. The molecule has 0 N–H and O–H groups in total. The molecule has 0 aliphatic rings. The molecule has 2 rings (SSSR count). The summed E-state index contributed by atoms with van der Waals surface area (Å²) < 4.78 is 1.77. The number of nitrogens with zero attached hydrogens (tertiary/aromatic N) is 3. The lowest BCUT2D eigenvalue weighted by molar-refractivity contribution is 0.848. The fourth-order valence-corrected chi connectivity index (χ4v) is 1.34. The van der Waals surface area contributed by atoms with E-state index in [1.54, 1.807) is 10.9 Å². The van der Waals surface area contributed by atoms with Crippen LogP contribution in [0.5, 0.6) is 0 Å². The maximum Gasteiger partial charge on any atom is 0.227 e. The van der Waals surface area contributed by atoms with Crippen LogP contribution in [0.4, 0.5) is 5.69 Å². The summed E-state index contributed by atoms with van der Waals surface area (Å²) in [4.78, 5) is 3.38. The van der Waals surface area contributed by atoms with Crippen molar-refractivity contribution >= 4 is 5.69 Å². The van der Waals surface area contributed by atoms with E-state index in [9.17, 15) is 0 Å². The topological polar surface area (TPSA) is 22.2 Å². The molecule has 2 aromatic rings. The van der Waals surface area contributed by atoms with Gasteiger partial charge in [0.15, 0.2) is 0 Å². The number of para-hydroxylation sites is 1. The van der Waals surface area contributed by atoms with Gasteiger partial charge in [0, 0.05) is 5.69 Å². The Morgan fingerprint density at radius 3 is 2.57 bits per heavy atom. The Hall–Kier alpha value is -2.08. The third-order valence-electron chi connectivity index (χ3n) is 2.11. The van der Waals surface area contributed by atoms with E-state index in [0.29, 0.717) is 5.69 Å². The zero-order chi connectivity index (χ0) is 9.97. The molecule has 0 aliphatic carbocycles. The van der Waals surface area contributed by atoms with Crippen molar-refractivity contribution in [2.45, 2.75) is 6.92 Å². The van der Waals surface area contributed by atoms with E-state index in [4.69, 9.17) is 6.57 Å². The van der Waals surface area contributed by atoms with Crippen LogP contribution < -0.4 is 0 Å². The predicted octanol–water partition coefficient (Wildman–Crippen LogP) is 2.73. The quantitative estimate of drug-likeness (QED) is 0.623. The molecule has 0 radical (unpaired) electrons. The smallest absolute Gasteiger partial charge is 0.227 e. The second-order valence-corrected chi connectivity index (χ2v) is 2.97. The van der Waals surface area contributed by atoms with Crippen LogP contribution in [-0.4, -0.2) is 9.78 Å². The lowest BCUT2D eigenvalue weighted by atomic mass is 10.3. The summed E-state index contributed by atoms with van der Waals surface area (Å²) >= 11 is 0. The molecular formula is C11H9N3. The standard InChI is InChI=1S/C11H9N3/c1-9-11(12-2)8-13-14(9)10-6-4-3-5-7-10/h3-8H,1H3. The van der Waals surface area contributed by atoms with Crippen LogP contribution in [0.2, 0.25) is 0 Å². The molecule has 68 valence electrons. The molecule has 0 aliphatic heterocycles. The molecule has 0 amide bonds. The Kier molecular flexibility index (Phi) is 2.04. The summed E-state index contributed by atoms with van der Waals surface area (Å²) in [5.41, 5.74) is 2.47. The van der Waals surface area contributed by atoms with Crippen molar-refractivity contribution < 1.29 is 0 Å². The lowest BCUT2D eigenvalue weighted by Gasteiger charge is -2.03. The van der Waals surface area contributed by atoms with Gasteiger partial charge < -0.3 is 0 Å². The molecule has 0 spiro atoms. The first-order chi connectivity index (χ1) is 6.83. The van der Waals surface area contributed by atoms with Gasteiger partial charge in [-0.05, 0) is 19.1 Å². The molecule has 0 saturated heterocycles. The molecule has 3 nitrogen and oxygen atoms in total. The minimum Gasteiger partial charge on any atom is -0.250 e.